The minimum absolute atomic E-state index is 0. The summed E-state index contributed by atoms with van der Waals surface area (Å²) in [6.07, 6.45) is 1.87. The summed E-state index contributed by atoms with van der Waals surface area (Å²) in [5.41, 5.74) is 1.56. The Hall–Kier alpha value is -1.61. The average molecular weight is 373 g/mol. The Kier molecular flexibility index (Phi) is 5.87. The molecule has 1 atom stereocenters. The number of rotatable bonds is 4. The van der Waals surface area contributed by atoms with E-state index in [1.165, 1.54) is 0 Å². The predicted molar refractivity (Wildman–Crippen MR) is 97.9 cm³/mol. The third kappa shape index (κ3) is 4.47. The Balaban J connectivity index is 0.00000208. The van der Waals surface area contributed by atoms with Gasteiger partial charge in [0.2, 0.25) is 5.56 Å². The largest absolute Gasteiger partial charge is 0.371 e. The van der Waals surface area contributed by atoms with E-state index in [0.717, 1.165) is 36.0 Å². The highest BCUT2D eigenvalue weighted by Gasteiger charge is 2.22. The van der Waals surface area contributed by atoms with Gasteiger partial charge in [0.25, 0.3) is 10.2 Å². The molecule has 0 amide bonds. The summed E-state index contributed by atoms with van der Waals surface area (Å²) >= 11 is 0. The van der Waals surface area contributed by atoms with E-state index >= 15 is 0 Å². The van der Waals surface area contributed by atoms with Crippen LogP contribution < -0.4 is 20.3 Å². The molecule has 0 aliphatic carbocycles. The van der Waals surface area contributed by atoms with Gasteiger partial charge in [-0.25, -0.2) is 9.86 Å². The van der Waals surface area contributed by atoms with E-state index in [1.54, 1.807) is 6.07 Å². The van der Waals surface area contributed by atoms with Gasteiger partial charge in [0.05, 0.1) is 11.2 Å². The van der Waals surface area contributed by atoms with Gasteiger partial charge in [0, 0.05) is 31.1 Å². The fourth-order valence-electron chi connectivity index (χ4n) is 3.13. The number of hydrogen-bond donors (Lipinski definition) is 3. The highest BCUT2D eigenvalue weighted by Crippen LogP contribution is 2.28. The molecule has 2 heterocycles. The Morgan fingerprint density at radius 2 is 2.08 bits per heavy atom. The lowest BCUT2D eigenvalue weighted by atomic mass is 9.97. The number of nitrogens with two attached hydrogens (primary N) is 1. The van der Waals surface area contributed by atoms with Gasteiger partial charge in [-0.15, -0.1) is 12.4 Å². The molecule has 9 heteroatoms. The van der Waals surface area contributed by atoms with Crippen molar-refractivity contribution in [1.82, 2.24) is 9.71 Å². The van der Waals surface area contributed by atoms with Gasteiger partial charge >= 0.3 is 0 Å². The first kappa shape index (κ1) is 18.7. The van der Waals surface area contributed by atoms with Crippen LogP contribution in [0.5, 0.6) is 0 Å². The van der Waals surface area contributed by atoms with Crippen LogP contribution >= 0.6 is 12.4 Å². The molecular weight excluding hydrogens is 352 g/mol. The van der Waals surface area contributed by atoms with Crippen LogP contribution in [0.25, 0.3) is 10.9 Å². The lowest BCUT2D eigenvalue weighted by Gasteiger charge is -2.34. The van der Waals surface area contributed by atoms with Gasteiger partial charge in [-0.2, -0.15) is 8.42 Å². The van der Waals surface area contributed by atoms with Gasteiger partial charge in [0.15, 0.2) is 0 Å². The number of H-pyrrole nitrogens is 1. The van der Waals surface area contributed by atoms with Crippen molar-refractivity contribution in [2.45, 2.75) is 12.8 Å². The molecule has 0 spiro atoms. The number of aromatic amines is 1. The molecule has 1 fully saturated rings. The monoisotopic (exact) mass is 372 g/mol. The van der Waals surface area contributed by atoms with E-state index in [1.807, 2.05) is 24.3 Å². The molecule has 24 heavy (non-hydrogen) atoms. The van der Waals surface area contributed by atoms with Crippen LogP contribution in [0.4, 0.5) is 5.69 Å². The molecule has 3 rings (SSSR count). The summed E-state index contributed by atoms with van der Waals surface area (Å²) in [5, 5.41) is 5.99. The summed E-state index contributed by atoms with van der Waals surface area (Å²) < 4.78 is 24.5. The smallest absolute Gasteiger partial charge is 0.274 e. The van der Waals surface area contributed by atoms with Gasteiger partial charge in [-0.05, 0) is 24.8 Å². The number of aromatic nitrogens is 1. The number of piperidine rings is 1. The van der Waals surface area contributed by atoms with Gasteiger partial charge < -0.3 is 9.88 Å². The van der Waals surface area contributed by atoms with Crippen LogP contribution in [-0.2, 0) is 10.2 Å². The second-order valence-corrected chi connectivity index (χ2v) is 7.29. The Labute approximate surface area is 146 Å². The van der Waals surface area contributed by atoms with Crippen LogP contribution in [0.3, 0.4) is 0 Å². The zero-order valence-corrected chi connectivity index (χ0v) is 14.7. The Bertz CT molecular complexity index is 868. The van der Waals surface area contributed by atoms with Crippen LogP contribution in [0.2, 0.25) is 0 Å². The predicted octanol–water partition coefficient (Wildman–Crippen LogP) is 0.959. The summed E-state index contributed by atoms with van der Waals surface area (Å²) in [5.74, 6) is 0.167. The maximum absolute atomic E-state index is 11.9. The minimum atomic E-state index is -3.67. The lowest BCUT2D eigenvalue weighted by Crippen LogP contribution is -2.42. The molecule has 1 unspecified atom stereocenters. The van der Waals surface area contributed by atoms with Crippen molar-refractivity contribution < 1.29 is 8.42 Å². The third-order valence-electron chi connectivity index (χ3n) is 4.16. The summed E-state index contributed by atoms with van der Waals surface area (Å²) in [7, 11) is -3.67. The van der Waals surface area contributed by atoms with E-state index in [-0.39, 0.29) is 23.9 Å². The molecule has 1 aromatic heterocycles. The van der Waals surface area contributed by atoms with Crippen molar-refractivity contribution in [1.29, 1.82) is 0 Å². The molecule has 4 N–H and O–H groups in total. The quantitative estimate of drug-likeness (QED) is 0.742. The van der Waals surface area contributed by atoms with Gasteiger partial charge in [0.1, 0.15) is 0 Å². The van der Waals surface area contributed by atoms with Crippen molar-refractivity contribution in [3.05, 3.63) is 40.7 Å². The number of fused-ring (bicyclic) bond motifs is 1. The first-order valence-electron chi connectivity index (χ1n) is 7.57. The van der Waals surface area contributed by atoms with E-state index in [2.05, 4.69) is 14.6 Å². The van der Waals surface area contributed by atoms with E-state index in [0.29, 0.717) is 13.1 Å². The van der Waals surface area contributed by atoms with Crippen molar-refractivity contribution >= 4 is 39.2 Å². The number of nitrogens with one attached hydrogen (secondary N) is 2. The summed E-state index contributed by atoms with van der Waals surface area (Å²) in [6, 6.07) is 9.29. The number of para-hydroxylation sites is 1. The summed E-state index contributed by atoms with van der Waals surface area (Å²) in [6.45, 7) is 1.85. The second kappa shape index (κ2) is 7.52. The van der Waals surface area contributed by atoms with Crippen molar-refractivity contribution in [3.63, 3.8) is 0 Å². The topological polar surface area (TPSA) is 108 Å². The number of benzene rings is 1. The molecule has 2 aromatic rings. The zero-order valence-electron chi connectivity index (χ0n) is 13.1. The molecule has 0 bridgehead atoms. The van der Waals surface area contributed by atoms with Crippen molar-refractivity contribution in [2.75, 3.05) is 24.5 Å². The molecule has 1 aromatic carbocycles. The molecule has 0 radical (unpaired) electrons. The number of pyridine rings is 1. The maximum Gasteiger partial charge on any atom is 0.274 e. The molecule has 7 nitrogen and oxygen atoms in total. The van der Waals surface area contributed by atoms with Crippen LogP contribution in [0, 0.1) is 5.92 Å². The SMILES string of the molecule is Cl.NS(=O)(=O)NCC1CCCN(c2cc(=O)[nH]c3ccccc23)C1. The molecule has 1 aliphatic rings. The van der Waals surface area contributed by atoms with Crippen molar-refractivity contribution in [3.8, 4) is 0 Å². The Morgan fingerprint density at radius 3 is 2.83 bits per heavy atom. The number of halogens is 1. The number of nitrogens with zero attached hydrogens (tertiary/aromatic N) is 1. The highest BCUT2D eigenvalue weighted by atomic mass is 35.5. The van der Waals surface area contributed by atoms with Gasteiger partial charge in [-0.1, -0.05) is 18.2 Å². The van der Waals surface area contributed by atoms with Crippen LogP contribution in [-0.4, -0.2) is 33.0 Å². The normalized spacial score (nSPS) is 18.4. The fraction of sp³-hybridized carbons (Fsp3) is 0.400. The fourth-order valence-corrected chi connectivity index (χ4v) is 3.60. The third-order valence-corrected chi connectivity index (χ3v) is 4.73. The first-order chi connectivity index (χ1) is 10.9. The number of anilines is 1. The van der Waals surface area contributed by atoms with Crippen LogP contribution in [0.1, 0.15) is 12.8 Å². The van der Waals surface area contributed by atoms with Gasteiger partial charge in [-0.3, -0.25) is 4.79 Å². The maximum atomic E-state index is 11.9. The number of hydrogen-bond acceptors (Lipinski definition) is 4. The standard InChI is InChI=1S/C15H20N4O3S.ClH/c16-23(21,22)17-9-11-4-3-7-19(10-11)14-8-15(20)18-13-6-2-1-5-12(13)14;/h1-2,5-6,8,11,17H,3-4,7,9-10H2,(H,18,20)(H2,16,21,22);1H. The van der Waals surface area contributed by atoms with Crippen molar-refractivity contribution in [2.24, 2.45) is 11.1 Å². The van der Waals surface area contributed by atoms with E-state index in [4.69, 9.17) is 5.14 Å². The average Bonchev–Trinajstić information content (AvgIpc) is 2.52. The lowest BCUT2D eigenvalue weighted by molar-refractivity contribution is 0.411. The molecular formula is C15H21ClN4O3S. The molecule has 0 saturated carbocycles. The highest BCUT2D eigenvalue weighted by molar-refractivity contribution is 7.87. The summed E-state index contributed by atoms with van der Waals surface area (Å²) in [4.78, 5) is 16.9. The zero-order chi connectivity index (χ0) is 16.4. The first-order valence-corrected chi connectivity index (χ1v) is 9.11. The Morgan fingerprint density at radius 1 is 1.33 bits per heavy atom. The van der Waals surface area contributed by atoms with E-state index < -0.39 is 10.2 Å². The van der Waals surface area contributed by atoms with Crippen LogP contribution in [0.15, 0.2) is 35.1 Å². The minimum Gasteiger partial charge on any atom is -0.371 e. The molecule has 1 saturated heterocycles. The van der Waals surface area contributed by atoms with E-state index in [9.17, 15) is 13.2 Å². The molecule has 1 aliphatic heterocycles. The second-order valence-electron chi connectivity index (χ2n) is 5.91. The molecule has 132 valence electrons.